The molecule has 1 atom stereocenters. The molecule has 0 spiro atoms. The summed E-state index contributed by atoms with van der Waals surface area (Å²) in [6.45, 7) is 0. The second-order valence-corrected chi connectivity index (χ2v) is 3.62. The molecule has 0 bridgehead atoms. The molecular weight excluding hydrogens is 221 g/mol. The first-order valence-electron chi connectivity index (χ1n) is 4.43. The number of hydrogen-bond donors (Lipinski definition) is 2. The Labute approximate surface area is 91.7 Å². The lowest BCUT2D eigenvalue weighted by molar-refractivity contribution is -0.137. The van der Waals surface area contributed by atoms with Crippen LogP contribution in [-0.4, -0.2) is 11.1 Å². The van der Waals surface area contributed by atoms with Crippen molar-refractivity contribution in [2.45, 2.75) is 18.9 Å². The van der Waals surface area contributed by atoms with Crippen molar-refractivity contribution in [3.8, 4) is 0 Å². The summed E-state index contributed by atoms with van der Waals surface area (Å²) in [4.78, 5) is 10.3. The van der Waals surface area contributed by atoms with Crippen molar-refractivity contribution in [3.63, 3.8) is 0 Å². The predicted octanol–water partition coefficient (Wildman–Crippen LogP) is 2.34. The Morgan fingerprint density at radius 3 is 2.80 bits per heavy atom. The Bertz CT molecular complexity index is 370. The van der Waals surface area contributed by atoms with Crippen molar-refractivity contribution in [3.05, 3.63) is 34.6 Å². The highest BCUT2D eigenvalue weighted by Crippen LogP contribution is 2.21. The Morgan fingerprint density at radius 2 is 2.27 bits per heavy atom. The van der Waals surface area contributed by atoms with Crippen molar-refractivity contribution in [2.24, 2.45) is 5.73 Å². The van der Waals surface area contributed by atoms with E-state index >= 15 is 0 Å². The third-order valence-electron chi connectivity index (χ3n) is 2.04. The summed E-state index contributed by atoms with van der Waals surface area (Å²) in [5.74, 6) is -1.46. The molecule has 0 amide bonds. The molecule has 1 rings (SSSR count). The number of nitrogens with two attached hydrogens (primary N) is 1. The monoisotopic (exact) mass is 231 g/mol. The molecule has 3 N–H and O–H groups in total. The highest BCUT2D eigenvalue weighted by Gasteiger charge is 2.10. The fourth-order valence-corrected chi connectivity index (χ4v) is 1.31. The van der Waals surface area contributed by atoms with E-state index in [4.69, 9.17) is 22.4 Å². The number of aliphatic carboxylic acids is 1. The number of halogens is 2. The Kier molecular flexibility index (Phi) is 4.05. The van der Waals surface area contributed by atoms with E-state index in [1.165, 1.54) is 12.1 Å². The van der Waals surface area contributed by atoms with E-state index in [0.717, 1.165) is 0 Å². The summed E-state index contributed by atoms with van der Waals surface area (Å²) in [5.41, 5.74) is 6.24. The molecular formula is C10H11ClFNO2. The number of carboxylic acids is 1. The molecule has 1 aromatic rings. The van der Waals surface area contributed by atoms with E-state index in [2.05, 4.69) is 0 Å². The number of carbonyl (C=O) groups is 1. The predicted molar refractivity (Wildman–Crippen MR) is 55.2 cm³/mol. The maximum atomic E-state index is 13.0. The Morgan fingerprint density at radius 1 is 1.60 bits per heavy atom. The van der Waals surface area contributed by atoms with Crippen molar-refractivity contribution < 1.29 is 14.3 Å². The van der Waals surface area contributed by atoms with Gasteiger partial charge in [0.1, 0.15) is 5.82 Å². The first kappa shape index (κ1) is 11.9. The van der Waals surface area contributed by atoms with Gasteiger partial charge in [0.05, 0.1) is 5.02 Å². The Balaban J connectivity index is 2.69. The van der Waals surface area contributed by atoms with Crippen LogP contribution in [0, 0.1) is 5.82 Å². The first-order valence-corrected chi connectivity index (χ1v) is 4.81. The molecule has 0 aromatic heterocycles. The lowest BCUT2D eigenvalue weighted by atomic mass is 10.0. The molecule has 15 heavy (non-hydrogen) atoms. The minimum absolute atomic E-state index is 0.0317. The molecule has 3 nitrogen and oxygen atoms in total. The van der Waals surface area contributed by atoms with Crippen LogP contribution in [-0.2, 0) is 4.79 Å². The van der Waals surface area contributed by atoms with E-state index in [9.17, 15) is 9.18 Å². The quantitative estimate of drug-likeness (QED) is 0.836. The van der Waals surface area contributed by atoms with Crippen LogP contribution in [0.2, 0.25) is 5.02 Å². The van der Waals surface area contributed by atoms with Gasteiger partial charge in [0.2, 0.25) is 0 Å². The zero-order valence-electron chi connectivity index (χ0n) is 7.91. The maximum absolute atomic E-state index is 13.0. The normalized spacial score (nSPS) is 12.5. The summed E-state index contributed by atoms with van der Waals surface area (Å²) in [6, 6.07) is 3.76. The fourth-order valence-electron chi connectivity index (χ4n) is 1.19. The molecule has 0 aliphatic heterocycles. The molecule has 0 saturated carbocycles. The first-order chi connectivity index (χ1) is 7.00. The molecule has 5 heteroatoms. The highest BCUT2D eigenvalue weighted by molar-refractivity contribution is 6.30. The molecule has 0 aliphatic rings. The second-order valence-electron chi connectivity index (χ2n) is 3.21. The molecule has 1 aromatic carbocycles. The van der Waals surface area contributed by atoms with Gasteiger partial charge in [0, 0.05) is 12.5 Å². The number of rotatable bonds is 4. The van der Waals surface area contributed by atoms with Gasteiger partial charge in [0.15, 0.2) is 0 Å². The summed E-state index contributed by atoms with van der Waals surface area (Å²) in [5, 5.41) is 8.49. The van der Waals surface area contributed by atoms with Crippen molar-refractivity contribution >= 4 is 17.6 Å². The van der Waals surface area contributed by atoms with Crippen molar-refractivity contribution in [2.75, 3.05) is 0 Å². The van der Waals surface area contributed by atoms with Crippen LogP contribution in [0.4, 0.5) is 4.39 Å². The second kappa shape index (κ2) is 5.09. The van der Waals surface area contributed by atoms with Gasteiger partial charge < -0.3 is 10.8 Å². The molecule has 0 aliphatic carbocycles. The van der Waals surface area contributed by atoms with Crippen LogP contribution in [0.5, 0.6) is 0 Å². The molecule has 1 unspecified atom stereocenters. The third kappa shape index (κ3) is 3.49. The van der Waals surface area contributed by atoms with E-state index < -0.39 is 17.8 Å². The van der Waals surface area contributed by atoms with Gasteiger partial charge in [-0.1, -0.05) is 17.7 Å². The SMILES string of the molecule is NC(CCC(=O)O)c1ccc(Cl)c(F)c1. The van der Waals surface area contributed by atoms with Gasteiger partial charge in [-0.05, 0) is 24.1 Å². The molecule has 0 heterocycles. The zero-order valence-corrected chi connectivity index (χ0v) is 8.67. The average molecular weight is 232 g/mol. The van der Waals surface area contributed by atoms with Crippen LogP contribution in [0.15, 0.2) is 18.2 Å². The topological polar surface area (TPSA) is 63.3 Å². The molecule has 0 saturated heterocycles. The van der Waals surface area contributed by atoms with E-state index in [1.54, 1.807) is 6.07 Å². The maximum Gasteiger partial charge on any atom is 0.303 e. The molecule has 0 fully saturated rings. The standard InChI is InChI=1S/C10H11ClFNO2/c11-7-2-1-6(5-8(7)12)9(13)3-4-10(14)15/h1-2,5,9H,3-4,13H2,(H,14,15). The van der Waals surface area contributed by atoms with Gasteiger partial charge in [-0.3, -0.25) is 4.79 Å². The summed E-state index contributed by atoms with van der Waals surface area (Å²) in [7, 11) is 0. The van der Waals surface area contributed by atoms with Crippen LogP contribution in [0.25, 0.3) is 0 Å². The van der Waals surface area contributed by atoms with Gasteiger partial charge in [-0.25, -0.2) is 4.39 Å². The lowest BCUT2D eigenvalue weighted by Gasteiger charge is -2.10. The third-order valence-corrected chi connectivity index (χ3v) is 2.35. The van der Waals surface area contributed by atoms with E-state index in [-0.39, 0.29) is 17.9 Å². The van der Waals surface area contributed by atoms with Gasteiger partial charge in [-0.2, -0.15) is 0 Å². The molecule has 0 radical (unpaired) electrons. The Hall–Kier alpha value is -1.13. The summed E-state index contributed by atoms with van der Waals surface area (Å²) >= 11 is 5.50. The van der Waals surface area contributed by atoms with Crippen molar-refractivity contribution in [1.82, 2.24) is 0 Å². The van der Waals surface area contributed by atoms with Crippen LogP contribution >= 0.6 is 11.6 Å². The largest absolute Gasteiger partial charge is 0.481 e. The number of hydrogen-bond acceptors (Lipinski definition) is 2. The van der Waals surface area contributed by atoms with E-state index in [0.29, 0.717) is 5.56 Å². The smallest absolute Gasteiger partial charge is 0.303 e. The van der Waals surface area contributed by atoms with Gasteiger partial charge in [-0.15, -0.1) is 0 Å². The fraction of sp³-hybridized carbons (Fsp3) is 0.300. The lowest BCUT2D eigenvalue weighted by Crippen LogP contribution is -2.12. The summed E-state index contributed by atoms with van der Waals surface area (Å²) in [6.07, 6.45) is 0.238. The van der Waals surface area contributed by atoms with Crippen LogP contribution < -0.4 is 5.73 Å². The van der Waals surface area contributed by atoms with Crippen LogP contribution in [0.1, 0.15) is 24.4 Å². The minimum atomic E-state index is -0.917. The minimum Gasteiger partial charge on any atom is -0.481 e. The number of benzene rings is 1. The number of carboxylic acid groups (broad SMARTS) is 1. The highest BCUT2D eigenvalue weighted by atomic mass is 35.5. The van der Waals surface area contributed by atoms with Gasteiger partial charge in [0.25, 0.3) is 0 Å². The average Bonchev–Trinajstić information content (AvgIpc) is 2.18. The van der Waals surface area contributed by atoms with Crippen molar-refractivity contribution in [1.29, 1.82) is 0 Å². The van der Waals surface area contributed by atoms with E-state index in [1.807, 2.05) is 0 Å². The summed E-state index contributed by atoms with van der Waals surface area (Å²) < 4.78 is 13.0. The zero-order chi connectivity index (χ0) is 11.4. The van der Waals surface area contributed by atoms with Gasteiger partial charge >= 0.3 is 5.97 Å². The molecule has 82 valence electrons. The van der Waals surface area contributed by atoms with Crippen LogP contribution in [0.3, 0.4) is 0 Å².